The van der Waals surface area contributed by atoms with Crippen molar-refractivity contribution in [2.24, 2.45) is 0 Å². The monoisotopic (exact) mass is 382 g/mol. The van der Waals surface area contributed by atoms with Crippen LogP contribution < -0.4 is 5.32 Å². The van der Waals surface area contributed by atoms with Gasteiger partial charge >= 0.3 is 5.97 Å². The predicted octanol–water partition coefficient (Wildman–Crippen LogP) is 4.39. The number of anilines is 1. The molecule has 27 heavy (non-hydrogen) atoms. The van der Waals surface area contributed by atoms with Crippen LogP contribution in [0.5, 0.6) is 0 Å². The highest BCUT2D eigenvalue weighted by molar-refractivity contribution is 7.99. The molecular weight excluding hydrogens is 360 g/mol. The zero-order valence-electron chi connectivity index (χ0n) is 15.2. The van der Waals surface area contributed by atoms with Crippen LogP contribution in [0.2, 0.25) is 0 Å². The summed E-state index contributed by atoms with van der Waals surface area (Å²) in [6.07, 6.45) is 1.79. The summed E-state index contributed by atoms with van der Waals surface area (Å²) >= 11 is 1.48. The van der Waals surface area contributed by atoms with Crippen molar-refractivity contribution >= 4 is 29.3 Å². The lowest BCUT2D eigenvalue weighted by atomic mass is 10.2. The summed E-state index contributed by atoms with van der Waals surface area (Å²) in [6.45, 7) is 2.43. The molecular formula is C21H22N2O3S. The van der Waals surface area contributed by atoms with E-state index < -0.39 is 0 Å². The van der Waals surface area contributed by atoms with Crippen molar-refractivity contribution in [1.29, 1.82) is 5.26 Å². The van der Waals surface area contributed by atoms with Gasteiger partial charge in [-0.05, 0) is 42.3 Å². The van der Waals surface area contributed by atoms with E-state index in [9.17, 15) is 9.59 Å². The minimum Gasteiger partial charge on any atom is -0.462 e. The van der Waals surface area contributed by atoms with Gasteiger partial charge in [0.25, 0.3) is 0 Å². The Bertz CT molecular complexity index is 813. The van der Waals surface area contributed by atoms with Crippen molar-refractivity contribution in [1.82, 2.24) is 0 Å². The number of carbonyl (C=O) groups excluding carboxylic acids is 2. The van der Waals surface area contributed by atoms with Crippen LogP contribution in [-0.4, -0.2) is 24.2 Å². The molecule has 0 atom stereocenters. The van der Waals surface area contributed by atoms with Crippen LogP contribution in [0.3, 0.4) is 0 Å². The van der Waals surface area contributed by atoms with E-state index in [1.54, 1.807) is 36.4 Å². The summed E-state index contributed by atoms with van der Waals surface area (Å²) in [5.41, 5.74) is 2.68. The van der Waals surface area contributed by atoms with E-state index >= 15 is 0 Å². The minimum absolute atomic E-state index is 0.134. The number of hydrogen-bond donors (Lipinski definition) is 1. The summed E-state index contributed by atoms with van der Waals surface area (Å²) in [5, 5.41) is 11.6. The molecule has 0 heterocycles. The number of amides is 1. The van der Waals surface area contributed by atoms with E-state index in [-0.39, 0.29) is 11.9 Å². The largest absolute Gasteiger partial charge is 0.462 e. The maximum absolute atomic E-state index is 12.1. The highest BCUT2D eigenvalue weighted by atomic mass is 32.2. The van der Waals surface area contributed by atoms with Gasteiger partial charge in [0.15, 0.2) is 0 Å². The Balaban J connectivity index is 1.80. The number of unbranched alkanes of at least 4 members (excludes halogenated alkanes) is 1. The average Bonchev–Trinajstić information content (AvgIpc) is 2.69. The molecule has 5 nitrogen and oxygen atoms in total. The van der Waals surface area contributed by atoms with E-state index in [1.807, 2.05) is 19.1 Å². The molecule has 0 saturated carbocycles. The van der Waals surface area contributed by atoms with Crippen molar-refractivity contribution in [2.45, 2.75) is 25.5 Å². The first-order valence-electron chi connectivity index (χ1n) is 8.76. The molecule has 0 fully saturated rings. The SMILES string of the molecule is CCCCOC(=O)c1cccc(NC(=O)CSCc2ccc(C#N)cc2)c1. The zero-order valence-corrected chi connectivity index (χ0v) is 16.1. The van der Waals surface area contributed by atoms with Crippen LogP contribution in [0, 0.1) is 11.3 Å². The lowest BCUT2D eigenvalue weighted by Crippen LogP contribution is -2.15. The fourth-order valence-corrected chi connectivity index (χ4v) is 3.04. The first-order valence-corrected chi connectivity index (χ1v) is 9.91. The maximum atomic E-state index is 12.1. The lowest BCUT2D eigenvalue weighted by Gasteiger charge is -2.08. The second kappa shape index (κ2) is 11.0. The average molecular weight is 382 g/mol. The van der Waals surface area contributed by atoms with E-state index in [1.165, 1.54) is 11.8 Å². The number of nitrogens with zero attached hydrogens (tertiary/aromatic N) is 1. The van der Waals surface area contributed by atoms with Gasteiger partial charge in [0, 0.05) is 11.4 Å². The Kier molecular flexibility index (Phi) is 8.40. The number of esters is 1. The van der Waals surface area contributed by atoms with Crippen LogP contribution in [0.1, 0.15) is 41.3 Å². The Morgan fingerprint density at radius 3 is 2.67 bits per heavy atom. The van der Waals surface area contributed by atoms with Gasteiger partial charge in [-0.3, -0.25) is 4.79 Å². The molecule has 0 bridgehead atoms. The molecule has 0 spiro atoms. The van der Waals surface area contributed by atoms with Crippen LogP contribution in [-0.2, 0) is 15.3 Å². The molecule has 0 aromatic heterocycles. The van der Waals surface area contributed by atoms with Gasteiger partial charge in [-0.25, -0.2) is 4.79 Å². The second-order valence-corrected chi connectivity index (χ2v) is 6.91. The summed E-state index contributed by atoms with van der Waals surface area (Å²) in [7, 11) is 0. The lowest BCUT2D eigenvalue weighted by molar-refractivity contribution is -0.113. The van der Waals surface area contributed by atoms with Gasteiger partial charge in [-0.15, -0.1) is 11.8 Å². The quantitative estimate of drug-likeness (QED) is 0.514. The standard InChI is InChI=1S/C21H22N2O3S/c1-2-3-11-26-21(25)18-5-4-6-19(12-18)23-20(24)15-27-14-17-9-7-16(13-22)8-10-17/h4-10,12H,2-3,11,14-15H2,1H3,(H,23,24). The van der Waals surface area contributed by atoms with Gasteiger partial charge in [-0.1, -0.05) is 31.5 Å². The molecule has 0 saturated heterocycles. The molecule has 0 radical (unpaired) electrons. The zero-order chi connectivity index (χ0) is 19.5. The molecule has 2 aromatic carbocycles. The van der Waals surface area contributed by atoms with E-state index in [0.29, 0.717) is 34.9 Å². The van der Waals surface area contributed by atoms with Crippen molar-refractivity contribution < 1.29 is 14.3 Å². The number of carbonyl (C=O) groups is 2. The van der Waals surface area contributed by atoms with Crippen molar-refractivity contribution in [3.63, 3.8) is 0 Å². The normalized spacial score (nSPS) is 10.1. The Hall–Kier alpha value is -2.78. The van der Waals surface area contributed by atoms with Crippen LogP contribution in [0.15, 0.2) is 48.5 Å². The predicted molar refractivity (Wildman–Crippen MR) is 108 cm³/mol. The first kappa shape index (κ1) is 20.5. The Morgan fingerprint density at radius 1 is 1.19 bits per heavy atom. The Morgan fingerprint density at radius 2 is 1.96 bits per heavy atom. The topological polar surface area (TPSA) is 79.2 Å². The van der Waals surface area contributed by atoms with Gasteiger partial charge < -0.3 is 10.1 Å². The molecule has 0 aliphatic carbocycles. The van der Waals surface area contributed by atoms with Gasteiger partial charge in [0.05, 0.1) is 29.6 Å². The third-order valence-corrected chi connectivity index (χ3v) is 4.70. The number of nitrogens with one attached hydrogen (secondary N) is 1. The van der Waals surface area contributed by atoms with Crippen molar-refractivity contribution in [3.8, 4) is 6.07 Å². The van der Waals surface area contributed by atoms with Crippen molar-refractivity contribution in [2.75, 3.05) is 17.7 Å². The Labute approximate surface area is 163 Å². The molecule has 1 N–H and O–H groups in total. The van der Waals surface area contributed by atoms with E-state index in [4.69, 9.17) is 10.00 Å². The summed E-state index contributed by atoms with van der Waals surface area (Å²) in [4.78, 5) is 24.1. The second-order valence-electron chi connectivity index (χ2n) is 5.92. The number of thioether (sulfide) groups is 1. The molecule has 6 heteroatoms. The molecule has 140 valence electrons. The number of ether oxygens (including phenoxy) is 1. The fraction of sp³-hybridized carbons (Fsp3) is 0.286. The number of benzene rings is 2. The first-order chi connectivity index (χ1) is 13.1. The number of rotatable bonds is 9. The van der Waals surface area contributed by atoms with E-state index in [2.05, 4.69) is 11.4 Å². The number of nitriles is 1. The molecule has 0 aliphatic heterocycles. The van der Waals surface area contributed by atoms with Gasteiger partial charge in [0.2, 0.25) is 5.91 Å². The minimum atomic E-state index is -0.380. The van der Waals surface area contributed by atoms with Crippen LogP contribution in [0.4, 0.5) is 5.69 Å². The van der Waals surface area contributed by atoms with Gasteiger partial charge in [-0.2, -0.15) is 5.26 Å². The molecule has 0 aliphatic rings. The highest BCUT2D eigenvalue weighted by Crippen LogP contribution is 2.15. The van der Waals surface area contributed by atoms with E-state index in [0.717, 1.165) is 18.4 Å². The molecule has 0 unspecified atom stereocenters. The summed E-state index contributed by atoms with van der Waals surface area (Å²) in [5.74, 6) is 0.466. The smallest absolute Gasteiger partial charge is 0.338 e. The molecule has 2 aromatic rings. The third kappa shape index (κ3) is 7.16. The third-order valence-electron chi connectivity index (χ3n) is 3.70. The molecule has 1 amide bonds. The molecule has 2 rings (SSSR count). The van der Waals surface area contributed by atoms with Crippen LogP contribution >= 0.6 is 11.8 Å². The van der Waals surface area contributed by atoms with Gasteiger partial charge in [0.1, 0.15) is 0 Å². The highest BCUT2D eigenvalue weighted by Gasteiger charge is 2.09. The maximum Gasteiger partial charge on any atom is 0.338 e. The summed E-state index contributed by atoms with van der Waals surface area (Å²) in [6, 6.07) is 16.1. The summed E-state index contributed by atoms with van der Waals surface area (Å²) < 4.78 is 5.18. The number of hydrogen-bond acceptors (Lipinski definition) is 5. The van der Waals surface area contributed by atoms with Crippen LogP contribution in [0.25, 0.3) is 0 Å². The fourth-order valence-electron chi connectivity index (χ4n) is 2.25. The van der Waals surface area contributed by atoms with Crippen molar-refractivity contribution in [3.05, 3.63) is 65.2 Å².